The van der Waals surface area contributed by atoms with E-state index in [4.69, 9.17) is 4.74 Å². The van der Waals surface area contributed by atoms with E-state index in [-0.39, 0.29) is 35.8 Å². The first-order valence-electron chi connectivity index (χ1n) is 10.5. The number of halogens is 1. The van der Waals surface area contributed by atoms with Crippen molar-refractivity contribution in [1.29, 1.82) is 0 Å². The summed E-state index contributed by atoms with van der Waals surface area (Å²) in [4.78, 5) is 16.6. The Morgan fingerprint density at radius 1 is 1.24 bits per heavy atom. The van der Waals surface area contributed by atoms with Crippen LogP contribution < -0.4 is 16.0 Å². The summed E-state index contributed by atoms with van der Waals surface area (Å²) in [7, 11) is 1.77. The molecule has 0 aliphatic heterocycles. The predicted molar refractivity (Wildman–Crippen MR) is 131 cm³/mol. The maximum atomic E-state index is 12.3. The topological polar surface area (TPSA) is 74.8 Å². The van der Waals surface area contributed by atoms with Gasteiger partial charge < -0.3 is 20.7 Å². The number of anilines is 1. The van der Waals surface area contributed by atoms with Crippen LogP contribution in [0.25, 0.3) is 0 Å². The molecule has 3 N–H and O–H groups in total. The zero-order chi connectivity index (χ0) is 20.2. The lowest BCUT2D eigenvalue weighted by molar-refractivity contribution is -0.119. The standard InChI is InChI=1S/C22H36N4O2.HI/c1-17(2)16-28-13-7-12-24-22(23-3)25-15-18-8-6-11-20(14-18)26-21(27)19-9-4-5-10-19;/h6,8,11,14,17,19H,4-5,7,9-10,12-13,15-16H2,1-3H3,(H,26,27)(H2,23,24,25);1H. The average Bonchev–Trinajstić information content (AvgIpc) is 3.22. The summed E-state index contributed by atoms with van der Waals surface area (Å²) in [6, 6.07) is 7.99. The maximum absolute atomic E-state index is 12.3. The monoisotopic (exact) mass is 516 g/mol. The highest BCUT2D eigenvalue weighted by molar-refractivity contribution is 14.0. The largest absolute Gasteiger partial charge is 0.381 e. The molecule has 1 aliphatic rings. The van der Waals surface area contributed by atoms with Crippen LogP contribution in [0.5, 0.6) is 0 Å². The van der Waals surface area contributed by atoms with Gasteiger partial charge in [0.05, 0.1) is 0 Å². The lowest BCUT2D eigenvalue weighted by Crippen LogP contribution is -2.37. The Morgan fingerprint density at radius 3 is 2.69 bits per heavy atom. The molecule has 6 nitrogen and oxygen atoms in total. The van der Waals surface area contributed by atoms with Crippen molar-refractivity contribution in [2.24, 2.45) is 16.8 Å². The van der Waals surface area contributed by atoms with E-state index in [0.717, 1.165) is 69.1 Å². The number of amides is 1. The summed E-state index contributed by atoms with van der Waals surface area (Å²) in [5, 5.41) is 9.68. The minimum Gasteiger partial charge on any atom is -0.381 e. The van der Waals surface area contributed by atoms with E-state index >= 15 is 0 Å². The molecule has 1 aromatic carbocycles. The first-order valence-corrected chi connectivity index (χ1v) is 10.5. The van der Waals surface area contributed by atoms with Crippen LogP contribution in [0.4, 0.5) is 5.69 Å². The van der Waals surface area contributed by atoms with Gasteiger partial charge in [0.2, 0.25) is 5.91 Å². The molecular weight excluding hydrogens is 479 g/mol. The molecule has 0 saturated heterocycles. The van der Waals surface area contributed by atoms with Crippen molar-refractivity contribution in [1.82, 2.24) is 10.6 Å². The summed E-state index contributed by atoms with van der Waals surface area (Å²) in [6.45, 7) is 7.33. The predicted octanol–water partition coefficient (Wildman–Crippen LogP) is 4.16. The number of nitrogens with zero attached hydrogens (tertiary/aromatic N) is 1. The summed E-state index contributed by atoms with van der Waals surface area (Å²) in [5.74, 6) is 1.67. The molecule has 164 valence electrons. The van der Waals surface area contributed by atoms with E-state index < -0.39 is 0 Å². The van der Waals surface area contributed by atoms with E-state index in [1.807, 2.05) is 24.3 Å². The summed E-state index contributed by atoms with van der Waals surface area (Å²) in [6.07, 6.45) is 5.29. The third-order valence-electron chi connectivity index (χ3n) is 4.81. The number of guanidine groups is 1. The summed E-state index contributed by atoms with van der Waals surface area (Å²) >= 11 is 0. The molecule has 1 aliphatic carbocycles. The number of nitrogens with one attached hydrogen (secondary N) is 3. The molecule has 1 saturated carbocycles. The molecule has 0 bridgehead atoms. The molecule has 0 radical (unpaired) electrons. The number of hydrogen-bond donors (Lipinski definition) is 3. The van der Waals surface area contributed by atoms with Gasteiger partial charge in [0.1, 0.15) is 0 Å². The molecule has 0 unspecified atom stereocenters. The highest BCUT2D eigenvalue weighted by Gasteiger charge is 2.22. The molecule has 0 spiro atoms. The second-order valence-electron chi connectivity index (χ2n) is 7.85. The van der Waals surface area contributed by atoms with Crippen LogP contribution in [0.15, 0.2) is 29.3 Å². The van der Waals surface area contributed by atoms with E-state index in [0.29, 0.717) is 12.5 Å². The number of benzene rings is 1. The summed E-state index contributed by atoms with van der Waals surface area (Å²) < 4.78 is 5.59. The van der Waals surface area contributed by atoms with Crippen LogP contribution in [-0.2, 0) is 16.1 Å². The lowest BCUT2D eigenvalue weighted by Gasteiger charge is -2.14. The van der Waals surface area contributed by atoms with Gasteiger partial charge in [-0.25, -0.2) is 0 Å². The SMILES string of the molecule is CN=C(NCCCOCC(C)C)NCc1cccc(NC(=O)C2CCCC2)c1.I. The minimum atomic E-state index is 0. The molecule has 7 heteroatoms. The quantitative estimate of drug-likeness (QED) is 0.189. The highest BCUT2D eigenvalue weighted by Crippen LogP contribution is 2.26. The van der Waals surface area contributed by atoms with Crippen molar-refractivity contribution in [2.75, 3.05) is 32.1 Å². The smallest absolute Gasteiger partial charge is 0.227 e. The molecule has 0 atom stereocenters. The van der Waals surface area contributed by atoms with E-state index in [1.165, 1.54) is 0 Å². The van der Waals surface area contributed by atoms with E-state index in [2.05, 4.69) is 34.8 Å². The third kappa shape index (κ3) is 10.3. The average molecular weight is 516 g/mol. The minimum absolute atomic E-state index is 0. The fourth-order valence-corrected chi connectivity index (χ4v) is 3.30. The number of hydrogen-bond acceptors (Lipinski definition) is 3. The zero-order valence-electron chi connectivity index (χ0n) is 18.0. The number of carbonyl (C=O) groups is 1. The van der Waals surface area contributed by atoms with Gasteiger partial charge in [-0.05, 0) is 42.9 Å². The Bertz CT molecular complexity index is 631. The van der Waals surface area contributed by atoms with E-state index in [9.17, 15) is 4.79 Å². The van der Waals surface area contributed by atoms with Crippen molar-refractivity contribution < 1.29 is 9.53 Å². The van der Waals surface area contributed by atoms with Crippen LogP contribution in [0.1, 0.15) is 51.5 Å². The Balaban J connectivity index is 0.00000420. The van der Waals surface area contributed by atoms with Crippen LogP contribution in [0, 0.1) is 11.8 Å². The van der Waals surface area contributed by atoms with Crippen LogP contribution in [0.3, 0.4) is 0 Å². The molecule has 1 amide bonds. The van der Waals surface area contributed by atoms with Crippen LogP contribution >= 0.6 is 24.0 Å². The first-order chi connectivity index (χ1) is 13.6. The van der Waals surface area contributed by atoms with Gasteiger partial charge in [0.25, 0.3) is 0 Å². The number of ether oxygens (including phenoxy) is 1. The van der Waals surface area contributed by atoms with Crippen LogP contribution in [-0.4, -0.2) is 38.7 Å². The Labute approximate surface area is 192 Å². The van der Waals surface area contributed by atoms with Crippen molar-refractivity contribution in [3.05, 3.63) is 29.8 Å². The second-order valence-corrected chi connectivity index (χ2v) is 7.85. The molecule has 2 rings (SSSR count). The molecular formula is C22H37IN4O2. The zero-order valence-corrected chi connectivity index (χ0v) is 20.3. The second kappa shape index (κ2) is 14.6. The van der Waals surface area contributed by atoms with Gasteiger partial charge in [-0.1, -0.05) is 38.8 Å². The first kappa shape index (κ1) is 25.7. The molecule has 0 heterocycles. The fourth-order valence-electron chi connectivity index (χ4n) is 3.30. The molecule has 29 heavy (non-hydrogen) atoms. The summed E-state index contributed by atoms with van der Waals surface area (Å²) in [5.41, 5.74) is 1.97. The Morgan fingerprint density at radius 2 is 2.00 bits per heavy atom. The Kier molecular flexibility index (Phi) is 12.9. The van der Waals surface area contributed by atoms with Gasteiger partial charge >= 0.3 is 0 Å². The maximum Gasteiger partial charge on any atom is 0.227 e. The van der Waals surface area contributed by atoms with Crippen molar-refractivity contribution in [2.45, 2.75) is 52.5 Å². The number of aliphatic imine (C=N–C) groups is 1. The van der Waals surface area contributed by atoms with E-state index in [1.54, 1.807) is 7.05 Å². The Hall–Kier alpha value is -1.35. The van der Waals surface area contributed by atoms with Crippen molar-refractivity contribution in [3.8, 4) is 0 Å². The normalized spacial score (nSPS) is 14.6. The van der Waals surface area contributed by atoms with Gasteiger partial charge in [-0.2, -0.15) is 0 Å². The van der Waals surface area contributed by atoms with Gasteiger partial charge in [-0.3, -0.25) is 9.79 Å². The number of carbonyl (C=O) groups excluding carboxylic acids is 1. The molecule has 0 aromatic heterocycles. The lowest BCUT2D eigenvalue weighted by atomic mass is 10.1. The van der Waals surface area contributed by atoms with Gasteiger partial charge in [0.15, 0.2) is 5.96 Å². The van der Waals surface area contributed by atoms with Crippen molar-refractivity contribution >= 4 is 41.5 Å². The highest BCUT2D eigenvalue weighted by atomic mass is 127. The molecule has 1 fully saturated rings. The van der Waals surface area contributed by atoms with Gasteiger partial charge in [-0.15, -0.1) is 24.0 Å². The van der Waals surface area contributed by atoms with Crippen molar-refractivity contribution in [3.63, 3.8) is 0 Å². The fraction of sp³-hybridized carbons (Fsp3) is 0.636. The third-order valence-corrected chi connectivity index (χ3v) is 4.81. The molecule has 1 aromatic rings. The van der Waals surface area contributed by atoms with Crippen LogP contribution in [0.2, 0.25) is 0 Å². The number of rotatable bonds is 10. The van der Waals surface area contributed by atoms with Gasteiger partial charge in [0, 0.05) is 45.0 Å².